The Balaban J connectivity index is 1.66. The molecule has 2 unspecified atom stereocenters. The first-order valence-electron chi connectivity index (χ1n) is 12.4. The van der Waals surface area contributed by atoms with Crippen molar-refractivity contribution in [3.8, 4) is 24.0 Å². The van der Waals surface area contributed by atoms with Crippen molar-refractivity contribution in [1.29, 1.82) is 10.5 Å². The van der Waals surface area contributed by atoms with E-state index in [0.29, 0.717) is 22.8 Å². The van der Waals surface area contributed by atoms with Gasteiger partial charge in [0, 0.05) is 0 Å². The fraction of sp³-hybridized carbons (Fsp3) is 0.533. The summed E-state index contributed by atoms with van der Waals surface area (Å²) in [6.07, 6.45) is 10.9. The van der Waals surface area contributed by atoms with E-state index in [0.717, 1.165) is 17.5 Å². The molecule has 2 aromatic carbocycles. The quantitative estimate of drug-likeness (QED) is 0.447. The Morgan fingerprint density at radius 3 is 1.59 bits per heavy atom. The van der Waals surface area contributed by atoms with Crippen molar-refractivity contribution in [3.05, 3.63) is 58.7 Å². The summed E-state index contributed by atoms with van der Waals surface area (Å²) in [6, 6.07) is 13.0. The normalized spacial score (nSPS) is 33.4. The third-order valence-electron chi connectivity index (χ3n) is 9.48. The minimum atomic E-state index is 0.111. The highest BCUT2D eigenvalue weighted by molar-refractivity contribution is 5.47. The Morgan fingerprint density at radius 1 is 0.735 bits per heavy atom. The van der Waals surface area contributed by atoms with Crippen molar-refractivity contribution < 1.29 is 9.47 Å². The first-order valence-corrected chi connectivity index (χ1v) is 12.4. The van der Waals surface area contributed by atoms with E-state index in [9.17, 15) is 0 Å². The molecule has 2 atom stereocenters. The minimum absolute atomic E-state index is 0.111. The highest BCUT2D eigenvalue weighted by Crippen LogP contribution is 2.75. The van der Waals surface area contributed by atoms with E-state index in [2.05, 4.69) is 45.0 Å². The van der Waals surface area contributed by atoms with Gasteiger partial charge in [-0.2, -0.15) is 0 Å². The highest BCUT2D eigenvalue weighted by Gasteiger charge is 2.68. The van der Waals surface area contributed by atoms with Crippen LogP contribution in [0.4, 0.5) is 0 Å². The molecule has 0 heterocycles. The lowest BCUT2D eigenvalue weighted by Crippen LogP contribution is -2.64. The van der Waals surface area contributed by atoms with Crippen LogP contribution in [0.5, 0.6) is 11.5 Å². The van der Waals surface area contributed by atoms with Crippen LogP contribution in [-0.4, -0.2) is 0 Å². The van der Waals surface area contributed by atoms with Crippen LogP contribution >= 0.6 is 0 Å². The summed E-state index contributed by atoms with van der Waals surface area (Å²) in [6.45, 7) is 11.4. The molecule has 4 aliphatic rings. The zero-order chi connectivity index (χ0) is 24.4. The fourth-order valence-electron chi connectivity index (χ4n) is 8.74. The number of nitrogens with zero attached hydrogens (tertiary/aromatic N) is 2. The summed E-state index contributed by atoms with van der Waals surface area (Å²) < 4.78 is 10.4. The van der Waals surface area contributed by atoms with Gasteiger partial charge in [-0.1, -0.05) is 45.0 Å². The van der Waals surface area contributed by atoms with Crippen molar-refractivity contribution in [2.24, 2.45) is 16.7 Å². The zero-order valence-corrected chi connectivity index (χ0v) is 21.0. The van der Waals surface area contributed by atoms with E-state index in [1.807, 2.05) is 38.5 Å². The van der Waals surface area contributed by atoms with Gasteiger partial charge in [0.1, 0.15) is 11.5 Å². The molecule has 0 aliphatic heterocycles. The third kappa shape index (κ3) is 3.31. The smallest absolute Gasteiger partial charge is 0.292 e. The fourth-order valence-corrected chi connectivity index (χ4v) is 8.74. The maximum atomic E-state index is 9.01. The zero-order valence-electron chi connectivity index (χ0n) is 21.0. The number of hydrogen-bond acceptors (Lipinski definition) is 4. The third-order valence-corrected chi connectivity index (χ3v) is 9.48. The van der Waals surface area contributed by atoms with Gasteiger partial charge in [0.15, 0.2) is 0 Å². The lowest BCUT2D eigenvalue weighted by atomic mass is 9.32. The molecule has 0 radical (unpaired) electrons. The largest absolute Gasteiger partial charge is 0.388 e. The second-order valence-electron chi connectivity index (χ2n) is 12.3. The van der Waals surface area contributed by atoms with E-state index in [1.54, 1.807) is 0 Å². The molecule has 6 rings (SSSR count). The second kappa shape index (κ2) is 7.51. The molecule has 4 saturated carbocycles. The van der Waals surface area contributed by atoms with Crippen LogP contribution in [0.25, 0.3) is 0 Å². The minimum Gasteiger partial charge on any atom is -0.388 e. The van der Waals surface area contributed by atoms with E-state index in [4.69, 9.17) is 20.0 Å². The summed E-state index contributed by atoms with van der Waals surface area (Å²) in [4.78, 5) is 0. The van der Waals surface area contributed by atoms with Crippen molar-refractivity contribution in [2.75, 3.05) is 0 Å². The summed E-state index contributed by atoms with van der Waals surface area (Å²) in [7, 11) is 0. The summed E-state index contributed by atoms with van der Waals surface area (Å²) in [5.41, 5.74) is 5.66. The molecule has 4 bridgehead atoms. The van der Waals surface area contributed by atoms with E-state index >= 15 is 0 Å². The molecular weight excluding hydrogens is 420 g/mol. The molecule has 0 saturated heterocycles. The van der Waals surface area contributed by atoms with Crippen LogP contribution in [0.2, 0.25) is 0 Å². The Morgan fingerprint density at radius 2 is 1.21 bits per heavy atom. The number of aryl methyl sites for hydroxylation is 2. The Kier molecular flexibility index (Phi) is 5.04. The number of rotatable bonds is 5. The highest BCUT2D eigenvalue weighted by atomic mass is 16.5. The first-order chi connectivity index (χ1) is 16.1. The maximum absolute atomic E-state index is 9.01. The van der Waals surface area contributed by atoms with Gasteiger partial charge in [0.05, 0.1) is 0 Å². The number of ether oxygens (including phenoxy) is 2. The molecule has 4 nitrogen and oxygen atoms in total. The van der Waals surface area contributed by atoms with Gasteiger partial charge in [0.25, 0.3) is 12.5 Å². The number of hydrogen-bond donors (Lipinski definition) is 0. The molecule has 2 aromatic rings. The SMILES string of the molecule is Cc1cc(C23CC4(C)CC(c5ccc(OC#N)c(C)c5)(C2)CC(C(C)C)(C4)C3)ccc1OC#N. The molecule has 0 amide bonds. The van der Waals surface area contributed by atoms with Crippen LogP contribution in [0, 0.1) is 53.6 Å². The standard InChI is InChI=1S/C30H34N2O2/c1-20(2)28-12-27(5)13-29(15-28,23-6-8-25(33-18-31)21(3)10-23)17-30(14-27,16-28)24-7-9-26(34-19-32)22(4)11-24/h6-11,20H,12-17H2,1-5H3. The maximum Gasteiger partial charge on any atom is 0.292 e. The molecular formula is C30H34N2O2. The van der Waals surface area contributed by atoms with Crippen LogP contribution < -0.4 is 9.47 Å². The van der Waals surface area contributed by atoms with Gasteiger partial charge in [-0.3, -0.25) is 0 Å². The molecule has 34 heavy (non-hydrogen) atoms. The molecule has 4 fully saturated rings. The molecule has 4 aliphatic carbocycles. The molecule has 4 heteroatoms. The van der Waals surface area contributed by atoms with E-state index in [1.165, 1.54) is 43.2 Å². The molecule has 0 spiro atoms. The average Bonchev–Trinajstić information content (AvgIpc) is 2.75. The number of benzene rings is 2. The van der Waals surface area contributed by atoms with Gasteiger partial charge in [-0.25, -0.2) is 0 Å². The Bertz CT molecular complexity index is 1150. The molecule has 176 valence electrons. The van der Waals surface area contributed by atoms with Crippen LogP contribution in [0.3, 0.4) is 0 Å². The summed E-state index contributed by atoms with van der Waals surface area (Å²) in [5.74, 6) is 1.91. The lowest BCUT2D eigenvalue weighted by molar-refractivity contribution is -0.153. The van der Waals surface area contributed by atoms with Gasteiger partial charge in [-0.15, -0.1) is 10.5 Å². The second-order valence-corrected chi connectivity index (χ2v) is 12.3. The van der Waals surface area contributed by atoms with E-state index < -0.39 is 0 Å². The van der Waals surface area contributed by atoms with Crippen molar-refractivity contribution in [1.82, 2.24) is 0 Å². The van der Waals surface area contributed by atoms with E-state index in [-0.39, 0.29) is 16.2 Å². The summed E-state index contributed by atoms with van der Waals surface area (Å²) >= 11 is 0. The predicted octanol–water partition coefficient (Wildman–Crippen LogP) is 7.23. The van der Waals surface area contributed by atoms with Gasteiger partial charge >= 0.3 is 0 Å². The lowest BCUT2D eigenvalue weighted by Gasteiger charge is -2.72. The van der Waals surface area contributed by atoms with Crippen LogP contribution in [0.1, 0.15) is 81.5 Å². The Labute approximate surface area is 203 Å². The number of nitriles is 2. The van der Waals surface area contributed by atoms with Gasteiger partial charge < -0.3 is 9.47 Å². The predicted molar refractivity (Wildman–Crippen MR) is 131 cm³/mol. The molecule has 0 N–H and O–H groups in total. The van der Waals surface area contributed by atoms with Crippen molar-refractivity contribution in [3.63, 3.8) is 0 Å². The monoisotopic (exact) mass is 454 g/mol. The van der Waals surface area contributed by atoms with Gasteiger partial charge in [-0.05, 0) is 114 Å². The summed E-state index contributed by atoms with van der Waals surface area (Å²) in [5, 5.41) is 18.0. The molecule has 0 aromatic heterocycles. The Hall–Kier alpha value is -2.98. The van der Waals surface area contributed by atoms with Gasteiger partial charge in [0.2, 0.25) is 0 Å². The van der Waals surface area contributed by atoms with Crippen molar-refractivity contribution >= 4 is 0 Å². The topological polar surface area (TPSA) is 66.0 Å². The first kappa shape index (κ1) is 22.8. The average molecular weight is 455 g/mol. The van der Waals surface area contributed by atoms with Crippen LogP contribution in [-0.2, 0) is 10.8 Å². The van der Waals surface area contributed by atoms with Crippen molar-refractivity contribution in [2.45, 2.75) is 84.0 Å². The van der Waals surface area contributed by atoms with Crippen LogP contribution in [0.15, 0.2) is 36.4 Å².